The molecule has 2 N–H and O–H groups in total. The number of hydrogen-bond donors (Lipinski definition) is 1. The van der Waals surface area contributed by atoms with Crippen LogP contribution in [0.25, 0.3) is 0 Å². The lowest BCUT2D eigenvalue weighted by atomic mass is 10.4. The van der Waals surface area contributed by atoms with Crippen molar-refractivity contribution in [1.29, 1.82) is 0 Å². The maximum absolute atomic E-state index is 12.0. The molecule has 0 aromatic carbocycles. The van der Waals surface area contributed by atoms with Crippen molar-refractivity contribution in [3.63, 3.8) is 0 Å². The Morgan fingerprint density at radius 1 is 1.21 bits per heavy atom. The van der Waals surface area contributed by atoms with Gasteiger partial charge in [-0.15, -0.1) is 0 Å². The second kappa shape index (κ2) is 6.05. The van der Waals surface area contributed by atoms with Crippen LogP contribution in [0, 0.1) is 0 Å². The molecule has 8 heteroatoms. The number of anilines is 1. The third-order valence-corrected chi connectivity index (χ3v) is 4.48. The molecule has 0 bridgehead atoms. The summed E-state index contributed by atoms with van der Waals surface area (Å²) in [5, 5.41) is 0. The van der Waals surface area contributed by atoms with Crippen molar-refractivity contribution in [3.05, 3.63) is 27.0 Å². The maximum atomic E-state index is 12.0. The summed E-state index contributed by atoms with van der Waals surface area (Å²) >= 11 is 0. The molecule has 1 aromatic rings. The van der Waals surface area contributed by atoms with Gasteiger partial charge in [0.1, 0.15) is 5.69 Å². The third-order valence-electron chi connectivity index (χ3n) is 2.79. The van der Waals surface area contributed by atoms with Gasteiger partial charge in [-0.2, -0.15) is 0 Å². The molecule has 0 amide bonds. The Morgan fingerprint density at radius 2 is 1.84 bits per heavy atom. The first kappa shape index (κ1) is 15.5. The molecule has 0 spiro atoms. The highest BCUT2D eigenvalue weighted by Gasteiger charge is 2.13. The van der Waals surface area contributed by atoms with Crippen LogP contribution >= 0.6 is 0 Å². The van der Waals surface area contributed by atoms with Crippen molar-refractivity contribution in [3.8, 4) is 0 Å². The van der Waals surface area contributed by atoms with Crippen molar-refractivity contribution in [2.45, 2.75) is 33.4 Å². The number of nitrogens with zero attached hydrogens (tertiary/aromatic N) is 2. The topological polar surface area (TPSA) is 104 Å². The monoisotopic (exact) mass is 289 g/mol. The van der Waals surface area contributed by atoms with Crippen LogP contribution in [0.5, 0.6) is 0 Å². The van der Waals surface area contributed by atoms with Gasteiger partial charge in [0.25, 0.3) is 5.56 Å². The van der Waals surface area contributed by atoms with Gasteiger partial charge < -0.3 is 5.73 Å². The molecule has 0 unspecified atom stereocenters. The largest absolute Gasteiger partial charge is 0.393 e. The second-order valence-corrected chi connectivity index (χ2v) is 6.73. The minimum atomic E-state index is -3.24. The minimum Gasteiger partial charge on any atom is -0.393 e. The normalized spacial score (nSPS) is 11.7. The number of aryl methyl sites for hydroxylation is 1. The highest BCUT2D eigenvalue weighted by Crippen LogP contribution is 1.94. The summed E-state index contributed by atoms with van der Waals surface area (Å²) in [5.74, 6) is -0.262. The highest BCUT2D eigenvalue weighted by atomic mass is 32.2. The van der Waals surface area contributed by atoms with E-state index in [0.717, 1.165) is 4.57 Å². The summed E-state index contributed by atoms with van der Waals surface area (Å²) in [4.78, 5) is 23.8. The van der Waals surface area contributed by atoms with Gasteiger partial charge in [0.2, 0.25) is 0 Å². The fourth-order valence-electron chi connectivity index (χ4n) is 1.65. The predicted octanol–water partition coefficient (Wildman–Crippen LogP) is -0.563. The van der Waals surface area contributed by atoms with Gasteiger partial charge in [0.15, 0.2) is 9.84 Å². The van der Waals surface area contributed by atoms with Crippen LogP contribution in [0.4, 0.5) is 5.69 Å². The first-order valence-electron chi connectivity index (χ1n) is 6.12. The molecule has 0 saturated carbocycles. The van der Waals surface area contributed by atoms with E-state index in [1.54, 1.807) is 0 Å². The Kier molecular flexibility index (Phi) is 4.93. The standard InChI is InChI=1S/C11H19N3O4S/c1-3-5-13-8-9(12)10(15)14(11(13)16)6-7-19(17,18)4-2/h8H,3-7,12H2,1-2H3. The zero-order valence-electron chi connectivity index (χ0n) is 11.1. The second-order valence-electron chi connectivity index (χ2n) is 4.25. The first-order chi connectivity index (χ1) is 8.82. The van der Waals surface area contributed by atoms with E-state index >= 15 is 0 Å². The van der Waals surface area contributed by atoms with Crippen LogP contribution in [0.1, 0.15) is 20.3 Å². The van der Waals surface area contributed by atoms with E-state index in [1.165, 1.54) is 17.7 Å². The molecule has 0 atom stereocenters. The number of sulfone groups is 1. The average molecular weight is 289 g/mol. The Hall–Kier alpha value is -1.57. The number of aromatic nitrogens is 2. The molecule has 1 rings (SSSR count). The SMILES string of the molecule is CCCn1cc(N)c(=O)n(CCS(=O)(=O)CC)c1=O. The number of nitrogen functional groups attached to an aromatic ring is 1. The Balaban J connectivity index is 3.20. The zero-order valence-corrected chi connectivity index (χ0v) is 11.9. The van der Waals surface area contributed by atoms with Crippen LogP contribution in [-0.2, 0) is 22.9 Å². The van der Waals surface area contributed by atoms with Crippen LogP contribution in [0.15, 0.2) is 15.8 Å². The van der Waals surface area contributed by atoms with Crippen LogP contribution in [0.2, 0.25) is 0 Å². The molecular formula is C11H19N3O4S. The van der Waals surface area contributed by atoms with E-state index < -0.39 is 21.1 Å². The Bertz CT molecular complexity index is 657. The van der Waals surface area contributed by atoms with E-state index in [-0.39, 0.29) is 23.7 Å². The summed E-state index contributed by atoms with van der Waals surface area (Å²) in [6, 6.07) is 0. The van der Waals surface area contributed by atoms with Gasteiger partial charge in [-0.05, 0) is 6.42 Å². The molecule has 0 radical (unpaired) electrons. The molecule has 1 aromatic heterocycles. The maximum Gasteiger partial charge on any atom is 0.331 e. The summed E-state index contributed by atoms with van der Waals surface area (Å²) in [6.07, 6.45) is 2.02. The molecule has 19 heavy (non-hydrogen) atoms. The molecule has 0 fully saturated rings. The van der Waals surface area contributed by atoms with E-state index in [1.807, 2.05) is 6.92 Å². The third kappa shape index (κ3) is 3.69. The van der Waals surface area contributed by atoms with Gasteiger partial charge in [-0.1, -0.05) is 13.8 Å². The molecule has 0 saturated heterocycles. The molecule has 0 aliphatic heterocycles. The molecule has 0 aliphatic rings. The molecule has 1 heterocycles. The van der Waals surface area contributed by atoms with Gasteiger partial charge in [-0.3, -0.25) is 13.9 Å². The summed E-state index contributed by atoms with van der Waals surface area (Å²) < 4.78 is 25.1. The quantitative estimate of drug-likeness (QED) is 0.755. The van der Waals surface area contributed by atoms with Crippen LogP contribution in [0.3, 0.4) is 0 Å². The lowest BCUT2D eigenvalue weighted by Crippen LogP contribution is -2.42. The Labute approximate surface area is 111 Å². The van der Waals surface area contributed by atoms with E-state index in [0.29, 0.717) is 13.0 Å². The van der Waals surface area contributed by atoms with Gasteiger partial charge >= 0.3 is 5.69 Å². The summed E-state index contributed by atoms with van der Waals surface area (Å²) in [7, 11) is -3.24. The smallest absolute Gasteiger partial charge is 0.331 e. The number of hydrogen-bond acceptors (Lipinski definition) is 5. The Morgan fingerprint density at radius 3 is 2.37 bits per heavy atom. The summed E-state index contributed by atoms with van der Waals surface area (Å²) in [5.41, 5.74) is 4.34. The lowest BCUT2D eigenvalue weighted by Gasteiger charge is -2.10. The van der Waals surface area contributed by atoms with E-state index in [2.05, 4.69) is 0 Å². The molecule has 108 valence electrons. The average Bonchev–Trinajstić information content (AvgIpc) is 2.36. The van der Waals surface area contributed by atoms with Crippen LogP contribution < -0.4 is 17.0 Å². The van der Waals surface area contributed by atoms with Gasteiger partial charge in [0, 0.05) is 25.0 Å². The van der Waals surface area contributed by atoms with Crippen molar-refractivity contribution >= 4 is 15.5 Å². The molecular weight excluding hydrogens is 270 g/mol. The van der Waals surface area contributed by atoms with Crippen LogP contribution in [-0.4, -0.2) is 29.1 Å². The zero-order chi connectivity index (χ0) is 14.6. The van der Waals surface area contributed by atoms with Gasteiger partial charge in [0.05, 0.1) is 5.75 Å². The first-order valence-corrected chi connectivity index (χ1v) is 7.94. The highest BCUT2D eigenvalue weighted by molar-refractivity contribution is 7.91. The predicted molar refractivity (Wildman–Crippen MR) is 74.0 cm³/mol. The van der Waals surface area contributed by atoms with Crippen molar-refractivity contribution in [2.24, 2.45) is 0 Å². The molecule has 7 nitrogen and oxygen atoms in total. The fraction of sp³-hybridized carbons (Fsp3) is 0.636. The number of nitrogens with two attached hydrogens (primary N) is 1. The van der Waals surface area contributed by atoms with Crippen molar-refractivity contribution in [2.75, 3.05) is 17.2 Å². The molecule has 0 aliphatic carbocycles. The minimum absolute atomic E-state index is 0.0206. The summed E-state index contributed by atoms with van der Waals surface area (Å²) in [6.45, 7) is 3.68. The van der Waals surface area contributed by atoms with E-state index in [4.69, 9.17) is 5.73 Å². The number of rotatable bonds is 6. The van der Waals surface area contributed by atoms with Crippen molar-refractivity contribution < 1.29 is 8.42 Å². The van der Waals surface area contributed by atoms with Gasteiger partial charge in [-0.25, -0.2) is 13.2 Å². The lowest BCUT2D eigenvalue weighted by molar-refractivity contribution is 0.554. The fourth-order valence-corrected chi connectivity index (χ4v) is 2.40. The van der Waals surface area contributed by atoms with E-state index in [9.17, 15) is 18.0 Å². The van der Waals surface area contributed by atoms with Crippen molar-refractivity contribution in [1.82, 2.24) is 9.13 Å².